The van der Waals surface area contributed by atoms with E-state index in [4.69, 9.17) is 10.3 Å². The van der Waals surface area contributed by atoms with Crippen LogP contribution in [-0.4, -0.2) is 54.6 Å². The number of ether oxygens (including phenoxy) is 1. The normalized spacial score (nSPS) is 22.3. The second kappa shape index (κ2) is 9.59. The summed E-state index contributed by atoms with van der Waals surface area (Å²) in [5.41, 5.74) is 6.88. The molecule has 1 aromatic carbocycles. The molecule has 2 atom stereocenters. The topological polar surface area (TPSA) is 145 Å². The summed E-state index contributed by atoms with van der Waals surface area (Å²) in [6, 6.07) is 8.98. The van der Waals surface area contributed by atoms with Gasteiger partial charge in [0.1, 0.15) is 6.61 Å². The third-order valence-corrected chi connectivity index (χ3v) is 6.25. The van der Waals surface area contributed by atoms with Gasteiger partial charge >= 0.3 is 5.97 Å². The number of azide groups is 1. The Balaban J connectivity index is 2.27. The molecule has 0 amide bonds. The van der Waals surface area contributed by atoms with Crippen molar-refractivity contribution in [1.82, 2.24) is 9.03 Å². The lowest BCUT2D eigenvalue weighted by atomic mass is 9.85. The number of rotatable bonds is 10. The average molecular weight is 438 g/mol. The fourth-order valence-corrected chi connectivity index (χ4v) is 4.65. The van der Waals surface area contributed by atoms with Crippen LogP contribution in [0, 0.1) is 5.92 Å². The number of esters is 1. The van der Waals surface area contributed by atoms with Crippen LogP contribution in [0.4, 0.5) is 0 Å². The van der Waals surface area contributed by atoms with Crippen molar-refractivity contribution in [2.24, 2.45) is 11.0 Å². The van der Waals surface area contributed by atoms with E-state index in [1.807, 2.05) is 6.07 Å². The fraction of sp³-hybridized carbons (Fsp3) is 0.526. The van der Waals surface area contributed by atoms with Gasteiger partial charge in [-0.05, 0) is 37.3 Å². The number of hydrogen-bond acceptors (Lipinski definition) is 6. The largest absolute Gasteiger partial charge is 0.460 e. The number of nitrogens with one attached hydrogen (secondary N) is 1. The molecule has 1 saturated heterocycles. The minimum atomic E-state index is -4.04. The highest BCUT2D eigenvalue weighted by Crippen LogP contribution is 2.37. The van der Waals surface area contributed by atoms with Crippen molar-refractivity contribution in [2.45, 2.75) is 38.0 Å². The van der Waals surface area contributed by atoms with Crippen molar-refractivity contribution in [3.8, 4) is 0 Å². The predicted octanol–water partition coefficient (Wildman–Crippen LogP) is 1.89. The molecule has 1 heterocycles. The molecule has 0 saturated carbocycles. The van der Waals surface area contributed by atoms with Gasteiger partial charge in [-0.1, -0.05) is 41.5 Å². The molecule has 0 aromatic heterocycles. The van der Waals surface area contributed by atoms with Crippen molar-refractivity contribution >= 4 is 16.2 Å². The summed E-state index contributed by atoms with van der Waals surface area (Å²) in [6.07, 6.45) is 1.79. The molecule has 11 heteroatoms. The van der Waals surface area contributed by atoms with Crippen LogP contribution in [0.3, 0.4) is 0 Å². The number of hydrogen-bond donors (Lipinski definition) is 2. The molecule has 0 aliphatic carbocycles. The number of nitrogens with zero attached hydrogens (tertiary/aromatic N) is 4. The molecule has 30 heavy (non-hydrogen) atoms. The first kappa shape index (κ1) is 23.8. The van der Waals surface area contributed by atoms with E-state index < -0.39 is 33.2 Å². The Kier molecular flexibility index (Phi) is 7.62. The first-order chi connectivity index (χ1) is 14.0. The van der Waals surface area contributed by atoms with E-state index in [2.05, 4.69) is 21.3 Å². The standard InChI is InChI=1S/C19H27N5O5S/c1-4-8-16-11-24(30(27,28)21-13-18(2,3)26)14-19(16,22-23-20)17(25)29-12-15-9-6-5-7-10-15/h4-7,9-10,16,21,26H,1,8,11-14H2,2-3H3. The molecule has 1 aromatic rings. The van der Waals surface area contributed by atoms with Gasteiger partial charge in [-0.2, -0.15) is 17.4 Å². The first-order valence-electron chi connectivity index (χ1n) is 9.39. The van der Waals surface area contributed by atoms with Gasteiger partial charge in [0.25, 0.3) is 10.2 Å². The van der Waals surface area contributed by atoms with Gasteiger partial charge in [0, 0.05) is 24.5 Å². The Morgan fingerprint density at radius 1 is 1.50 bits per heavy atom. The van der Waals surface area contributed by atoms with Crippen LogP contribution >= 0.6 is 0 Å². The summed E-state index contributed by atoms with van der Waals surface area (Å²) in [5.74, 6) is -1.44. The molecule has 1 aliphatic rings. The maximum Gasteiger partial charge on any atom is 0.320 e. The lowest BCUT2D eigenvalue weighted by molar-refractivity contribution is -0.152. The van der Waals surface area contributed by atoms with Crippen molar-refractivity contribution in [3.63, 3.8) is 0 Å². The summed E-state index contributed by atoms with van der Waals surface area (Å²) in [4.78, 5) is 15.8. The first-order valence-corrected chi connectivity index (χ1v) is 10.8. The lowest BCUT2D eigenvalue weighted by Crippen LogP contribution is -2.48. The maximum absolute atomic E-state index is 13.0. The van der Waals surface area contributed by atoms with Crippen LogP contribution in [0.5, 0.6) is 0 Å². The fourth-order valence-electron chi connectivity index (χ4n) is 3.19. The van der Waals surface area contributed by atoms with Crippen molar-refractivity contribution in [3.05, 3.63) is 59.0 Å². The quantitative estimate of drug-likeness (QED) is 0.189. The number of aliphatic hydroxyl groups is 1. The van der Waals surface area contributed by atoms with Crippen molar-refractivity contribution < 1.29 is 23.1 Å². The van der Waals surface area contributed by atoms with E-state index in [0.717, 1.165) is 9.87 Å². The van der Waals surface area contributed by atoms with Crippen LogP contribution in [0.25, 0.3) is 10.4 Å². The van der Waals surface area contributed by atoms with E-state index in [1.54, 1.807) is 24.3 Å². The van der Waals surface area contributed by atoms with Gasteiger partial charge < -0.3 is 9.84 Å². The Labute approximate surface area is 176 Å². The molecule has 0 bridgehead atoms. The van der Waals surface area contributed by atoms with Crippen molar-refractivity contribution in [1.29, 1.82) is 0 Å². The van der Waals surface area contributed by atoms with Gasteiger partial charge in [-0.3, -0.25) is 4.79 Å². The second-order valence-corrected chi connectivity index (χ2v) is 9.58. The molecule has 2 rings (SSSR count). The summed E-state index contributed by atoms with van der Waals surface area (Å²) >= 11 is 0. The predicted molar refractivity (Wildman–Crippen MR) is 111 cm³/mol. The van der Waals surface area contributed by atoms with Gasteiger partial charge in [0.15, 0.2) is 5.54 Å². The molecule has 10 nitrogen and oxygen atoms in total. The summed E-state index contributed by atoms with van der Waals surface area (Å²) in [7, 11) is -4.04. The smallest absolute Gasteiger partial charge is 0.320 e. The Bertz CT molecular complexity index is 909. The molecule has 0 radical (unpaired) electrons. The second-order valence-electron chi connectivity index (χ2n) is 7.83. The molecule has 1 aliphatic heterocycles. The monoisotopic (exact) mass is 437 g/mol. The van der Waals surface area contributed by atoms with Gasteiger partial charge in [-0.15, -0.1) is 6.58 Å². The summed E-state index contributed by atoms with van der Waals surface area (Å²) in [5, 5.41) is 13.5. The maximum atomic E-state index is 13.0. The molecule has 1 fully saturated rings. The molecule has 2 unspecified atom stereocenters. The zero-order chi connectivity index (χ0) is 22.4. The number of carbonyl (C=O) groups excluding carboxylic acids is 1. The highest BCUT2D eigenvalue weighted by Gasteiger charge is 2.55. The number of allylic oxidation sites excluding steroid dienone is 1. The lowest BCUT2D eigenvalue weighted by Gasteiger charge is -2.27. The van der Waals surface area contributed by atoms with E-state index in [9.17, 15) is 18.3 Å². The molecular formula is C19H27N5O5S. The number of carbonyl (C=O) groups is 1. The van der Waals surface area contributed by atoms with E-state index in [1.165, 1.54) is 19.9 Å². The Hall–Kier alpha value is -2.43. The SMILES string of the molecule is C=CCC1CN(S(=O)(=O)NCC(C)(C)O)CC1(N=[N+]=[N-])C(=O)OCc1ccccc1. The van der Waals surface area contributed by atoms with Crippen LogP contribution < -0.4 is 4.72 Å². The zero-order valence-electron chi connectivity index (χ0n) is 17.1. The van der Waals surface area contributed by atoms with Gasteiger partial charge in [0.2, 0.25) is 0 Å². The molecule has 2 N–H and O–H groups in total. The van der Waals surface area contributed by atoms with Gasteiger partial charge in [0.05, 0.1) is 5.60 Å². The van der Waals surface area contributed by atoms with E-state index >= 15 is 0 Å². The Morgan fingerprint density at radius 3 is 2.73 bits per heavy atom. The van der Waals surface area contributed by atoms with Crippen LogP contribution in [0.1, 0.15) is 25.8 Å². The highest BCUT2D eigenvalue weighted by atomic mass is 32.2. The van der Waals surface area contributed by atoms with Crippen molar-refractivity contribution in [2.75, 3.05) is 19.6 Å². The van der Waals surface area contributed by atoms with E-state index in [-0.39, 0.29) is 32.7 Å². The van der Waals surface area contributed by atoms with Crippen LogP contribution in [0.2, 0.25) is 0 Å². The number of benzene rings is 1. The third kappa shape index (κ3) is 5.80. The minimum Gasteiger partial charge on any atom is -0.460 e. The van der Waals surface area contributed by atoms with Crippen LogP contribution in [-0.2, 0) is 26.3 Å². The molecular weight excluding hydrogens is 410 g/mol. The molecule has 164 valence electrons. The van der Waals surface area contributed by atoms with E-state index in [0.29, 0.717) is 0 Å². The highest BCUT2D eigenvalue weighted by molar-refractivity contribution is 7.87. The van der Waals surface area contributed by atoms with Crippen LogP contribution in [0.15, 0.2) is 48.1 Å². The zero-order valence-corrected chi connectivity index (χ0v) is 17.9. The average Bonchev–Trinajstić information content (AvgIpc) is 3.06. The summed E-state index contributed by atoms with van der Waals surface area (Å²) < 4.78 is 34.2. The minimum absolute atomic E-state index is 0.0348. The summed E-state index contributed by atoms with van der Waals surface area (Å²) in [6.45, 7) is 5.90. The Morgan fingerprint density at radius 2 is 2.17 bits per heavy atom. The molecule has 0 spiro atoms. The third-order valence-electron chi connectivity index (χ3n) is 4.78. The van der Waals surface area contributed by atoms with Gasteiger partial charge in [-0.25, -0.2) is 0 Å².